The van der Waals surface area contributed by atoms with E-state index in [1.807, 2.05) is 0 Å². The molecule has 0 N–H and O–H groups in total. The second-order valence-electron chi connectivity index (χ2n) is 6.91. The van der Waals surface area contributed by atoms with E-state index in [-0.39, 0.29) is 0 Å². The van der Waals surface area contributed by atoms with Gasteiger partial charge in [0.1, 0.15) is 0 Å². The van der Waals surface area contributed by atoms with E-state index < -0.39 is 0 Å². The van der Waals surface area contributed by atoms with E-state index in [2.05, 4.69) is 72.8 Å². The first-order valence-electron chi connectivity index (χ1n) is 8.48. The van der Waals surface area contributed by atoms with Gasteiger partial charge >= 0.3 is 0 Å². The summed E-state index contributed by atoms with van der Waals surface area (Å²) in [6, 6.07) is 26.9. The van der Waals surface area contributed by atoms with E-state index in [1.165, 1.54) is 64.6 Å². The van der Waals surface area contributed by atoms with Crippen LogP contribution >= 0.6 is 0 Å². The van der Waals surface area contributed by atoms with Gasteiger partial charge in [0, 0.05) is 0 Å². The van der Waals surface area contributed by atoms with Crippen LogP contribution in [0.4, 0.5) is 0 Å². The SMILES string of the molecule is c1cc2c(c1)c1c2cccc2c3cccc4c5cccc5c4c3c21. The van der Waals surface area contributed by atoms with Crippen molar-refractivity contribution in [1.82, 2.24) is 0 Å². The highest BCUT2D eigenvalue weighted by Gasteiger charge is 2.21. The quantitative estimate of drug-likeness (QED) is 0.285. The zero-order valence-electron chi connectivity index (χ0n) is 12.9. The second-order valence-corrected chi connectivity index (χ2v) is 6.91. The lowest BCUT2D eigenvalue weighted by Gasteiger charge is -2.16. The van der Waals surface area contributed by atoms with E-state index in [1.54, 1.807) is 0 Å². The molecule has 0 aromatic heterocycles. The zero-order chi connectivity index (χ0) is 15.4. The fraction of sp³-hybridized carbons (Fsp3) is 0. The first-order valence-corrected chi connectivity index (χ1v) is 8.48. The molecule has 0 bridgehead atoms. The molecule has 0 amide bonds. The zero-order valence-corrected chi connectivity index (χ0v) is 12.9. The van der Waals surface area contributed by atoms with Crippen LogP contribution in [0.15, 0.2) is 72.8 Å². The molecular formula is C24H12. The Balaban J connectivity index is 1.87. The van der Waals surface area contributed by atoms with Gasteiger partial charge in [-0.05, 0) is 64.6 Å². The van der Waals surface area contributed by atoms with Crippen LogP contribution in [0.3, 0.4) is 0 Å². The van der Waals surface area contributed by atoms with Crippen molar-refractivity contribution in [2.45, 2.75) is 0 Å². The molecule has 0 aliphatic heterocycles. The maximum absolute atomic E-state index is 2.29. The monoisotopic (exact) mass is 300 g/mol. The molecule has 0 saturated carbocycles. The Morgan fingerprint density at radius 1 is 0.250 bits per heavy atom. The van der Waals surface area contributed by atoms with Crippen LogP contribution in [0.5, 0.6) is 0 Å². The summed E-state index contributed by atoms with van der Waals surface area (Å²) in [5.74, 6) is 0. The van der Waals surface area contributed by atoms with E-state index >= 15 is 0 Å². The molecule has 0 fully saturated rings. The molecule has 108 valence electrons. The largest absolute Gasteiger partial charge is 0.0610 e. The minimum Gasteiger partial charge on any atom is -0.0610 e. The van der Waals surface area contributed by atoms with Crippen molar-refractivity contribution in [1.29, 1.82) is 0 Å². The van der Waals surface area contributed by atoms with Gasteiger partial charge in [-0.2, -0.15) is 0 Å². The molecule has 0 radical (unpaired) electrons. The highest BCUT2D eigenvalue weighted by molar-refractivity contribution is 6.48. The first kappa shape index (κ1) is 11.4. The van der Waals surface area contributed by atoms with Crippen molar-refractivity contribution in [2.24, 2.45) is 0 Å². The number of hydrogen-bond acceptors (Lipinski definition) is 0. The Hall–Kier alpha value is -3.12. The van der Waals surface area contributed by atoms with Crippen LogP contribution < -0.4 is 0 Å². The fourth-order valence-electron chi connectivity index (χ4n) is 4.89. The van der Waals surface area contributed by atoms with Gasteiger partial charge in [-0.25, -0.2) is 0 Å². The van der Waals surface area contributed by atoms with Crippen LogP contribution in [-0.2, 0) is 0 Å². The molecule has 0 aliphatic carbocycles. The van der Waals surface area contributed by atoms with Crippen LogP contribution in [0.25, 0.3) is 64.6 Å². The van der Waals surface area contributed by atoms with E-state index in [9.17, 15) is 0 Å². The number of rotatable bonds is 0. The summed E-state index contributed by atoms with van der Waals surface area (Å²) in [6.07, 6.45) is 0. The van der Waals surface area contributed by atoms with Crippen molar-refractivity contribution < 1.29 is 0 Å². The van der Waals surface area contributed by atoms with E-state index in [4.69, 9.17) is 0 Å². The fourth-order valence-corrected chi connectivity index (χ4v) is 4.89. The molecule has 0 nitrogen and oxygen atoms in total. The predicted octanol–water partition coefficient (Wildman–Crippen LogP) is 6.92. The van der Waals surface area contributed by atoms with E-state index in [0.717, 1.165) is 0 Å². The molecule has 7 rings (SSSR count). The lowest BCUT2D eigenvalue weighted by Crippen LogP contribution is -1.87. The Morgan fingerprint density at radius 3 is 0.833 bits per heavy atom. The van der Waals surface area contributed by atoms with Gasteiger partial charge < -0.3 is 0 Å². The summed E-state index contributed by atoms with van der Waals surface area (Å²) >= 11 is 0. The standard InChI is InChI=1S/C24H12/c1-5-13-15(7-1)21-17(13)9-3-11-19-20-12-4-10-18-14-6-2-8-16(14)22(18)24(20)23(19)21/h1-12H. The molecule has 24 heavy (non-hydrogen) atoms. The Bertz CT molecular complexity index is 1420. The summed E-state index contributed by atoms with van der Waals surface area (Å²) in [7, 11) is 0. The van der Waals surface area contributed by atoms with Gasteiger partial charge in [0.25, 0.3) is 0 Å². The van der Waals surface area contributed by atoms with Gasteiger partial charge in [-0.3, -0.25) is 0 Å². The van der Waals surface area contributed by atoms with Gasteiger partial charge in [0.2, 0.25) is 0 Å². The van der Waals surface area contributed by atoms with Crippen LogP contribution in [0.1, 0.15) is 0 Å². The number of fused-ring (bicyclic) bond motifs is 14. The lowest BCUT2D eigenvalue weighted by atomic mass is 9.86. The average Bonchev–Trinajstić information content (AvgIpc) is 3.10. The molecule has 0 atom stereocenters. The highest BCUT2D eigenvalue weighted by Crippen LogP contribution is 2.50. The van der Waals surface area contributed by atoms with Crippen molar-refractivity contribution in [2.75, 3.05) is 0 Å². The summed E-state index contributed by atoms with van der Waals surface area (Å²) in [5, 5.41) is 17.1. The highest BCUT2D eigenvalue weighted by atomic mass is 14.2. The molecule has 0 aliphatic rings. The third-order valence-electron chi connectivity index (χ3n) is 5.92. The smallest absolute Gasteiger partial charge is 0.000741 e. The Morgan fingerprint density at radius 2 is 0.500 bits per heavy atom. The summed E-state index contributed by atoms with van der Waals surface area (Å²) < 4.78 is 0. The molecule has 0 unspecified atom stereocenters. The minimum absolute atomic E-state index is 1.40. The lowest BCUT2D eigenvalue weighted by molar-refractivity contribution is 1.94. The van der Waals surface area contributed by atoms with Crippen molar-refractivity contribution >= 4 is 64.6 Å². The normalized spacial score (nSPS) is 13.0. The van der Waals surface area contributed by atoms with Gasteiger partial charge in [-0.15, -0.1) is 0 Å². The van der Waals surface area contributed by atoms with Crippen molar-refractivity contribution in [3.05, 3.63) is 72.8 Å². The number of hydrogen-bond donors (Lipinski definition) is 0. The summed E-state index contributed by atoms with van der Waals surface area (Å²) in [6.45, 7) is 0. The first-order chi connectivity index (χ1) is 11.9. The van der Waals surface area contributed by atoms with Crippen molar-refractivity contribution in [3.8, 4) is 0 Å². The molecule has 0 heterocycles. The minimum atomic E-state index is 1.40. The molecule has 0 saturated heterocycles. The molecule has 7 aromatic rings. The maximum atomic E-state index is 2.29. The summed E-state index contributed by atoms with van der Waals surface area (Å²) in [4.78, 5) is 0. The third-order valence-corrected chi connectivity index (χ3v) is 5.92. The average molecular weight is 300 g/mol. The summed E-state index contributed by atoms with van der Waals surface area (Å²) in [5.41, 5.74) is 0. The molecule has 7 aromatic carbocycles. The molecule has 0 spiro atoms. The topological polar surface area (TPSA) is 0 Å². The third kappa shape index (κ3) is 1.02. The van der Waals surface area contributed by atoms with Crippen LogP contribution in [0.2, 0.25) is 0 Å². The van der Waals surface area contributed by atoms with Crippen LogP contribution in [-0.4, -0.2) is 0 Å². The van der Waals surface area contributed by atoms with Gasteiger partial charge in [0.15, 0.2) is 0 Å². The Kier molecular flexibility index (Phi) is 1.67. The molecule has 0 heteroatoms. The van der Waals surface area contributed by atoms with Gasteiger partial charge in [-0.1, -0.05) is 72.8 Å². The van der Waals surface area contributed by atoms with Crippen molar-refractivity contribution in [3.63, 3.8) is 0 Å². The molecular weight excluding hydrogens is 288 g/mol. The second kappa shape index (κ2) is 3.52. The van der Waals surface area contributed by atoms with E-state index in [0.29, 0.717) is 0 Å². The predicted molar refractivity (Wildman–Crippen MR) is 105 cm³/mol. The van der Waals surface area contributed by atoms with Gasteiger partial charge in [0.05, 0.1) is 0 Å². The maximum Gasteiger partial charge on any atom is -0.000741 e. The van der Waals surface area contributed by atoms with Crippen LogP contribution in [0, 0.1) is 0 Å². The Labute approximate surface area is 137 Å².